The summed E-state index contributed by atoms with van der Waals surface area (Å²) in [5.41, 5.74) is 7.04. The summed E-state index contributed by atoms with van der Waals surface area (Å²) in [4.78, 5) is 19.7. The van der Waals surface area contributed by atoms with Crippen LogP contribution in [0, 0.1) is 10.8 Å². The number of aromatic nitrogens is 2. The van der Waals surface area contributed by atoms with E-state index in [9.17, 15) is 10.1 Å². The molecule has 0 aliphatic heterocycles. The zero-order chi connectivity index (χ0) is 19.9. The Labute approximate surface area is 169 Å². The van der Waals surface area contributed by atoms with Gasteiger partial charge in [0.05, 0.1) is 4.91 Å². The highest BCUT2D eigenvalue weighted by molar-refractivity contribution is 6.30. The zero-order valence-electron chi connectivity index (χ0n) is 15.6. The Morgan fingerprint density at radius 1 is 1.25 bits per heavy atom. The molecule has 1 heterocycles. The van der Waals surface area contributed by atoms with Gasteiger partial charge in [0.25, 0.3) is 4.92 Å². The second kappa shape index (κ2) is 9.66. The summed E-state index contributed by atoms with van der Waals surface area (Å²) >= 11 is 6.00. The number of nitrogens with two attached hydrogens (primary N) is 1. The van der Waals surface area contributed by atoms with Crippen molar-refractivity contribution in [2.24, 2.45) is 11.7 Å². The molecular weight excluding hydrogens is 380 g/mol. The topological polar surface area (TPSA) is 116 Å². The fourth-order valence-electron chi connectivity index (χ4n) is 3.38. The van der Waals surface area contributed by atoms with Crippen molar-refractivity contribution in [2.75, 3.05) is 23.7 Å². The zero-order valence-corrected chi connectivity index (χ0v) is 16.4. The van der Waals surface area contributed by atoms with E-state index in [1.165, 1.54) is 6.20 Å². The second-order valence-corrected chi connectivity index (χ2v) is 7.61. The van der Waals surface area contributed by atoms with E-state index in [-0.39, 0.29) is 16.7 Å². The summed E-state index contributed by atoms with van der Waals surface area (Å²) in [7, 11) is 0. The van der Waals surface area contributed by atoms with Crippen molar-refractivity contribution in [3.63, 3.8) is 0 Å². The van der Waals surface area contributed by atoms with Gasteiger partial charge in [0.1, 0.15) is 6.20 Å². The molecule has 2 aromatic rings. The van der Waals surface area contributed by atoms with Gasteiger partial charge in [0.2, 0.25) is 11.8 Å². The van der Waals surface area contributed by atoms with Crippen LogP contribution in [0.25, 0.3) is 0 Å². The van der Waals surface area contributed by atoms with Gasteiger partial charge in [-0.25, -0.2) is 10.2 Å². The molecular formula is C19H26ClN6O2+. The first kappa shape index (κ1) is 20.3. The molecule has 1 aliphatic carbocycles. The highest BCUT2D eigenvalue weighted by Gasteiger charge is 2.24. The summed E-state index contributed by atoms with van der Waals surface area (Å²) in [6, 6.07) is 7.95. The van der Waals surface area contributed by atoms with Crippen LogP contribution in [0.3, 0.4) is 0 Å². The molecule has 1 saturated carbocycles. The molecule has 0 amide bonds. The summed E-state index contributed by atoms with van der Waals surface area (Å²) in [6.07, 6.45) is 6.16. The van der Waals surface area contributed by atoms with E-state index in [2.05, 4.69) is 20.6 Å². The van der Waals surface area contributed by atoms with Gasteiger partial charge in [-0.3, -0.25) is 0 Å². The van der Waals surface area contributed by atoms with Crippen LogP contribution in [0.4, 0.5) is 17.5 Å². The summed E-state index contributed by atoms with van der Waals surface area (Å²) in [5, 5.41) is 16.3. The first-order valence-corrected chi connectivity index (χ1v) is 9.90. The second-order valence-electron chi connectivity index (χ2n) is 7.17. The van der Waals surface area contributed by atoms with Crippen molar-refractivity contribution in [3.8, 4) is 0 Å². The Morgan fingerprint density at radius 2 is 2.04 bits per heavy atom. The number of halogens is 1. The summed E-state index contributed by atoms with van der Waals surface area (Å²) in [5.74, 6) is 1.18. The normalized spacial score (nSPS) is 19.2. The van der Waals surface area contributed by atoms with Crippen LogP contribution in [-0.2, 0) is 6.42 Å². The van der Waals surface area contributed by atoms with E-state index in [0.29, 0.717) is 35.8 Å². The van der Waals surface area contributed by atoms with Crippen molar-refractivity contribution in [1.29, 1.82) is 0 Å². The van der Waals surface area contributed by atoms with Crippen LogP contribution >= 0.6 is 11.6 Å². The van der Waals surface area contributed by atoms with Crippen molar-refractivity contribution in [2.45, 2.75) is 38.1 Å². The molecule has 0 unspecified atom stereocenters. The van der Waals surface area contributed by atoms with Gasteiger partial charge in [-0.1, -0.05) is 23.7 Å². The third-order valence-electron chi connectivity index (χ3n) is 5.01. The van der Waals surface area contributed by atoms with Crippen molar-refractivity contribution < 1.29 is 10.1 Å². The van der Waals surface area contributed by atoms with E-state index in [1.54, 1.807) is 0 Å². The third-order valence-corrected chi connectivity index (χ3v) is 5.25. The standard InChI is InChI=1S/C19H26ClN6O2/c20-15-3-1-2-13(10-15)8-9-22-19-24-12-17(26(27)28)18(25-19)23-11-14-4-6-16(21)7-5-14/h1-3,10,12,14,16H,4-9,11,21H2,(H,27,28)(H2,22,23,24,25)/q+1/t14-,16-. The number of nitrogens with zero attached hydrogens (tertiary/aromatic N) is 3. The van der Waals surface area contributed by atoms with Gasteiger partial charge < -0.3 is 16.4 Å². The van der Waals surface area contributed by atoms with Crippen LogP contribution in [0.1, 0.15) is 31.2 Å². The molecule has 8 nitrogen and oxygen atoms in total. The quantitative estimate of drug-likeness (QED) is 0.496. The van der Waals surface area contributed by atoms with Gasteiger partial charge in [-0.2, -0.15) is 4.98 Å². The molecule has 1 aromatic heterocycles. The molecule has 3 rings (SSSR count). The smallest absolute Gasteiger partial charge is 0.364 e. The molecule has 0 atom stereocenters. The maximum Gasteiger partial charge on any atom is 0.376 e. The molecule has 0 bridgehead atoms. The first-order valence-electron chi connectivity index (χ1n) is 9.52. The minimum Gasteiger partial charge on any atom is -0.364 e. The molecule has 0 saturated heterocycles. The van der Waals surface area contributed by atoms with Gasteiger partial charge in [0.15, 0.2) is 0 Å². The Balaban J connectivity index is 1.59. The number of hydrogen-bond acceptors (Lipinski definition) is 6. The number of nitrogens with one attached hydrogen (secondary N) is 2. The van der Waals surface area contributed by atoms with E-state index in [1.807, 2.05) is 24.3 Å². The molecule has 5 N–H and O–H groups in total. The molecule has 1 fully saturated rings. The third kappa shape index (κ3) is 5.77. The SMILES string of the molecule is N[C@H]1CC[C@H](CNc2nc(NCCc3cccc(Cl)c3)ncc2[N+](=O)O)CC1. The Hall–Kier alpha value is -2.45. The summed E-state index contributed by atoms with van der Waals surface area (Å²) in [6.45, 7) is 1.28. The average Bonchev–Trinajstić information content (AvgIpc) is 2.67. The lowest BCUT2D eigenvalue weighted by atomic mass is 9.86. The van der Waals surface area contributed by atoms with E-state index >= 15 is 0 Å². The van der Waals surface area contributed by atoms with Crippen LogP contribution in [-0.4, -0.2) is 39.2 Å². The number of hydrogen-bond donors (Lipinski definition) is 4. The van der Waals surface area contributed by atoms with Crippen molar-refractivity contribution in [1.82, 2.24) is 9.97 Å². The molecule has 28 heavy (non-hydrogen) atoms. The monoisotopic (exact) mass is 405 g/mol. The Kier molecular flexibility index (Phi) is 7.00. The maximum atomic E-state index is 11.4. The lowest BCUT2D eigenvalue weighted by Crippen LogP contribution is -2.29. The summed E-state index contributed by atoms with van der Waals surface area (Å²) < 4.78 is 0. The van der Waals surface area contributed by atoms with Crippen LogP contribution in [0.5, 0.6) is 0 Å². The molecule has 0 spiro atoms. The first-order chi connectivity index (χ1) is 13.5. The van der Waals surface area contributed by atoms with Crippen molar-refractivity contribution >= 4 is 29.1 Å². The number of benzene rings is 1. The highest BCUT2D eigenvalue weighted by atomic mass is 35.5. The minimum absolute atomic E-state index is 0.00657. The highest BCUT2D eigenvalue weighted by Crippen LogP contribution is 2.26. The van der Waals surface area contributed by atoms with Gasteiger partial charge in [-0.15, -0.1) is 0 Å². The predicted octanol–water partition coefficient (Wildman–Crippen LogP) is 3.51. The van der Waals surface area contributed by atoms with Crippen LogP contribution < -0.4 is 16.4 Å². The average molecular weight is 406 g/mol. The van der Waals surface area contributed by atoms with Crippen LogP contribution in [0.2, 0.25) is 5.02 Å². The fraction of sp³-hybridized carbons (Fsp3) is 0.474. The van der Waals surface area contributed by atoms with Gasteiger partial charge in [-0.05, 0) is 55.7 Å². The lowest BCUT2D eigenvalue weighted by molar-refractivity contribution is -0.729. The largest absolute Gasteiger partial charge is 0.376 e. The van der Waals surface area contributed by atoms with Gasteiger partial charge in [0, 0.05) is 24.2 Å². The number of rotatable bonds is 8. The van der Waals surface area contributed by atoms with Crippen molar-refractivity contribution in [3.05, 3.63) is 46.0 Å². The lowest BCUT2D eigenvalue weighted by Gasteiger charge is -2.26. The Morgan fingerprint density at radius 3 is 2.75 bits per heavy atom. The van der Waals surface area contributed by atoms with E-state index < -0.39 is 0 Å². The molecule has 9 heteroatoms. The minimum atomic E-state index is -0.213. The molecule has 0 radical (unpaired) electrons. The molecule has 1 aromatic carbocycles. The number of anilines is 2. The molecule has 150 valence electrons. The van der Waals surface area contributed by atoms with Crippen LogP contribution in [0.15, 0.2) is 30.5 Å². The van der Waals surface area contributed by atoms with E-state index in [4.69, 9.17) is 17.3 Å². The fourth-order valence-corrected chi connectivity index (χ4v) is 3.59. The predicted molar refractivity (Wildman–Crippen MR) is 109 cm³/mol. The van der Waals surface area contributed by atoms with Gasteiger partial charge >= 0.3 is 5.69 Å². The molecule has 1 aliphatic rings. The Bertz CT molecular complexity index is 811. The van der Waals surface area contributed by atoms with E-state index in [0.717, 1.165) is 37.7 Å². The maximum absolute atomic E-state index is 11.4.